The molecule has 1 amide bonds. The van der Waals surface area contributed by atoms with E-state index in [1.807, 2.05) is 0 Å². The molecular formula is C14H10ClF3N2O2. The number of alkyl halides is 3. The first-order valence-corrected chi connectivity index (χ1v) is 6.83. The highest BCUT2D eigenvalue weighted by Gasteiger charge is 2.43. The van der Waals surface area contributed by atoms with Crippen molar-refractivity contribution in [2.24, 2.45) is 0 Å². The molecule has 116 valence electrons. The van der Waals surface area contributed by atoms with Crippen molar-refractivity contribution in [1.82, 2.24) is 10.1 Å². The number of carbonyl (C=O) groups is 1. The monoisotopic (exact) mass is 330 g/mol. The lowest BCUT2D eigenvalue weighted by Crippen LogP contribution is -2.43. The van der Waals surface area contributed by atoms with Crippen molar-refractivity contribution in [2.75, 3.05) is 6.54 Å². The van der Waals surface area contributed by atoms with Crippen LogP contribution in [0, 0.1) is 0 Å². The molecule has 1 aromatic heterocycles. The van der Waals surface area contributed by atoms with Crippen LogP contribution in [0.2, 0.25) is 5.02 Å². The summed E-state index contributed by atoms with van der Waals surface area (Å²) in [6.45, 7) is -0.224. The normalized spacial score (nSPS) is 14.8. The zero-order valence-corrected chi connectivity index (χ0v) is 11.9. The molecule has 0 atom stereocenters. The van der Waals surface area contributed by atoms with Crippen LogP contribution in [-0.2, 0) is 17.8 Å². The van der Waals surface area contributed by atoms with Crippen molar-refractivity contribution >= 4 is 17.5 Å². The van der Waals surface area contributed by atoms with E-state index >= 15 is 0 Å². The average Bonchev–Trinajstić information content (AvgIpc) is 2.89. The topological polar surface area (TPSA) is 46.3 Å². The van der Waals surface area contributed by atoms with Crippen molar-refractivity contribution in [3.8, 4) is 11.3 Å². The number of carbonyl (C=O) groups excluding carboxylic acids is 1. The van der Waals surface area contributed by atoms with E-state index in [1.54, 1.807) is 24.3 Å². The number of aromatic nitrogens is 1. The molecule has 2 heterocycles. The van der Waals surface area contributed by atoms with Gasteiger partial charge in [0.05, 0.1) is 6.54 Å². The molecule has 3 rings (SSSR count). The third kappa shape index (κ3) is 2.68. The Morgan fingerprint density at radius 1 is 1.27 bits per heavy atom. The van der Waals surface area contributed by atoms with Crippen LogP contribution in [0.5, 0.6) is 0 Å². The van der Waals surface area contributed by atoms with Crippen LogP contribution >= 0.6 is 11.6 Å². The number of rotatable bonds is 1. The van der Waals surface area contributed by atoms with Gasteiger partial charge >= 0.3 is 12.1 Å². The number of nitrogens with zero attached hydrogens (tertiary/aromatic N) is 2. The van der Waals surface area contributed by atoms with Crippen molar-refractivity contribution in [1.29, 1.82) is 0 Å². The first kappa shape index (κ1) is 14.9. The molecule has 8 heteroatoms. The predicted octanol–water partition coefficient (Wildman–Crippen LogP) is 3.44. The second-order valence-electron chi connectivity index (χ2n) is 4.92. The standard InChI is InChI=1S/C14H10ClF3N2O2/c15-9-3-1-8(2-4-9)12-10-5-6-20(7-11(10)19-22-12)13(21)14(16,17)18/h1-4H,5-7H2. The highest BCUT2D eigenvalue weighted by Crippen LogP contribution is 2.32. The fourth-order valence-electron chi connectivity index (χ4n) is 2.41. The lowest BCUT2D eigenvalue weighted by molar-refractivity contribution is -0.186. The molecule has 0 aliphatic carbocycles. The highest BCUT2D eigenvalue weighted by atomic mass is 35.5. The summed E-state index contributed by atoms with van der Waals surface area (Å²) in [4.78, 5) is 12.0. The smallest absolute Gasteiger partial charge is 0.356 e. The van der Waals surface area contributed by atoms with Crippen LogP contribution in [0.1, 0.15) is 11.3 Å². The molecule has 0 bridgehead atoms. The molecule has 0 saturated heterocycles. The summed E-state index contributed by atoms with van der Waals surface area (Å²) in [6.07, 6.45) is -4.61. The van der Waals surface area contributed by atoms with Crippen LogP contribution in [0.15, 0.2) is 28.8 Å². The van der Waals surface area contributed by atoms with Gasteiger partial charge in [0.25, 0.3) is 0 Å². The second kappa shape index (κ2) is 5.31. The maximum atomic E-state index is 12.5. The van der Waals surface area contributed by atoms with Gasteiger partial charge in [0.1, 0.15) is 5.69 Å². The molecule has 0 unspecified atom stereocenters. The lowest BCUT2D eigenvalue weighted by atomic mass is 10.0. The van der Waals surface area contributed by atoms with E-state index in [0.29, 0.717) is 16.5 Å². The van der Waals surface area contributed by atoms with Gasteiger partial charge in [-0.1, -0.05) is 16.8 Å². The van der Waals surface area contributed by atoms with Crippen molar-refractivity contribution in [3.05, 3.63) is 40.5 Å². The van der Waals surface area contributed by atoms with Crippen LogP contribution in [0.25, 0.3) is 11.3 Å². The SMILES string of the molecule is O=C(N1CCc2c(noc2-c2ccc(Cl)cc2)C1)C(F)(F)F. The second-order valence-corrected chi connectivity index (χ2v) is 5.35. The largest absolute Gasteiger partial charge is 0.471 e. The van der Waals surface area contributed by atoms with Crippen LogP contribution in [0.3, 0.4) is 0 Å². The Kier molecular flexibility index (Phi) is 3.60. The highest BCUT2D eigenvalue weighted by molar-refractivity contribution is 6.30. The van der Waals surface area contributed by atoms with E-state index in [-0.39, 0.29) is 19.5 Å². The Morgan fingerprint density at radius 3 is 2.59 bits per heavy atom. The van der Waals surface area contributed by atoms with Crippen molar-refractivity contribution in [2.45, 2.75) is 19.1 Å². The van der Waals surface area contributed by atoms with Gasteiger partial charge in [-0.15, -0.1) is 0 Å². The molecule has 0 saturated carbocycles. The summed E-state index contributed by atoms with van der Waals surface area (Å²) in [5.74, 6) is -1.35. The van der Waals surface area contributed by atoms with Gasteiger partial charge < -0.3 is 9.42 Å². The van der Waals surface area contributed by atoms with Gasteiger partial charge in [0, 0.05) is 22.7 Å². The molecule has 1 aliphatic heterocycles. The number of benzene rings is 1. The molecule has 1 aliphatic rings. The van der Waals surface area contributed by atoms with Crippen LogP contribution < -0.4 is 0 Å². The van der Waals surface area contributed by atoms with Crippen LogP contribution in [-0.4, -0.2) is 28.7 Å². The molecule has 4 nitrogen and oxygen atoms in total. The lowest BCUT2D eigenvalue weighted by Gasteiger charge is -2.26. The minimum absolute atomic E-state index is 0.0207. The summed E-state index contributed by atoms with van der Waals surface area (Å²) in [7, 11) is 0. The number of amides is 1. The Bertz CT molecular complexity index is 710. The van der Waals surface area contributed by atoms with Gasteiger partial charge in [-0.25, -0.2) is 0 Å². The number of fused-ring (bicyclic) bond motifs is 1. The van der Waals surface area contributed by atoms with E-state index in [0.717, 1.165) is 16.0 Å². The third-order valence-corrected chi connectivity index (χ3v) is 3.73. The zero-order chi connectivity index (χ0) is 15.9. The minimum Gasteiger partial charge on any atom is -0.356 e. The Balaban J connectivity index is 1.86. The maximum absolute atomic E-state index is 12.5. The van der Waals surface area contributed by atoms with E-state index in [9.17, 15) is 18.0 Å². The van der Waals surface area contributed by atoms with Crippen LogP contribution in [0.4, 0.5) is 13.2 Å². The summed E-state index contributed by atoms with van der Waals surface area (Å²) in [6, 6.07) is 6.87. The quantitative estimate of drug-likeness (QED) is 0.804. The maximum Gasteiger partial charge on any atom is 0.471 e. The van der Waals surface area contributed by atoms with E-state index in [1.165, 1.54) is 0 Å². The van der Waals surface area contributed by atoms with Gasteiger partial charge in [-0.2, -0.15) is 13.2 Å². The Labute approximate surface area is 128 Å². The fraction of sp³-hybridized carbons (Fsp3) is 0.286. The van der Waals surface area contributed by atoms with Gasteiger partial charge in [0.2, 0.25) is 0 Å². The fourth-order valence-corrected chi connectivity index (χ4v) is 2.54. The Hall–Kier alpha value is -2.02. The first-order valence-electron chi connectivity index (χ1n) is 6.45. The molecule has 0 fully saturated rings. The van der Waals surface area contributed by atoms with E-state index < -0.39 is 12.1 Å². The Morgan fingerprint density at radius 2 is 1.95 bits per heavy atom. The average molecular weight is 331 g/mol. The zero-order valence-electron chi connectivity index (χ0n) is 11.2. The molecule has 0 spiro atoms. The van der Waals surface area contributed by atoms with E-state index in [2.05, 4.69) is 5.16 Å². The van der Waals surface area contributed by atoms with Crippen molar-refractivity contribution < 1.29 is 22.5 Å². The van der Waals surface area contributed by atoms with Gasteiger partial charge in [-0.3, -0.25) is 4.79 Å². The summed E-state index contributed by atoms with van der Waals surface area (Å²) in [5, 5.41) is 4.37. The summed E-state index contributed by atoms with van der Waals surface area (Å²) in [5.41, 5.74) is 1.83. The van der Waals surface area contributed by atoms with Gasteiger partial charge in [0.15, 0.2) is 5.76 Å². The number of hydrogen-bond acceptors (Lipinski definition) is 3. The first-order chi connectivity index (χ1) is 10.4. The molecule has 1 aromatic carbocycles. The molecule has 0 radical (unpaired) electrons. The van der Waals surface area contributed by atoms with Crippen molar-refractivity contribution in [3.63, 3.8) is 0 Å². The molecule has 0 N–H and O–H groups in total. The minimum atomic E-state index is -4.87. The number of halogens is 4. The molecule has 2 aromatic rings. The summed E-state index contributed by atoms with van der Waals surface area (Å²) < 4.78 is 42.7. The van der Waals surface area contributed by atoms with Gasteiger partial charge in [-0.05, 0) is 30.7 Å². The molecule has 22 heavy (non-hydrogen) atoms. The predicted molar refractivity (Wildman–Crippen MR) is 72.1 cm³/mol. The molecular weight excluding hydrogens is 321 g/mol. The number of hydrogen-bond donors (Lipinski definition) is 0. The third-order valence-electron chi connectivity index (χ3n) is 3.48. The van der Waals surface area contributed by atoms with E-state index in [4.69, 9.17) is 16.1 Å². The summed E-state index contributed by atoms with van der Waals surface area (Å²) >= 11 is 5.82.